The lowest BCUT2D eigenvalue weighted by atomic mass is 9.93. The first-order valence-corrected chi connectivity index (χ1v) is 9.07. The van der Waals surface area contributed by atoms with Crippen molar-refractivity contribution in [2.75, 3.05) is 39.8 Å². The SMILES string of the molecule is COc1ccc(C(=O)N2CCN(C[C@@H]3C[C@H]4C=C[C@@H]3C4)CC2)cc1. The minimum Gasteiger partial charge on any atom is -0.497 e. The van der Waals surface area contributed by atoms with E-state index in [1.54, 1.807) is 7.11 Å². The van der Waals surface area contributed by atoms with Crippen LogP contribution >= 0.6 is 0 Å². The monoisotopic (exact) mass is 326 g/mol. The molecule has 0 N–H and O–H groups in total. The molecule has 3 aliphatic rings. The number of nitrogens with zero attached hydrogens (tertiary/aromatic N) is 2. The lowest BCUT2D eigenvalue weighted by Crippen LogP contribution is -2.50. The fourth-order valence-corrected chi connectivity index (χ4v) is 4.49. The number of hydrogen-bond donors (Lipinski definition) is 0. The highest BCUT2D eigenvalue weighted by atomic mass is 16.5. The van der Waals surface area contributed by atoms with Crippen LogP contribution < -0.4 is 4.74 Å². The number of fused-ring (bicyclic) bond motifs is 2. The third kappa shape index (κ3) is 3.07. The molecule has 2 aliphatic carbocycles. The van der Waals surface area contributed by atoms with E-state index in [2.05, 4.69) is 17.1 Å². The Kier molecular flexibility index (Phi) is 4.31. The van der Waals surface area contributed by atoms with Crippen LogP contribution in [0.15, 0.2) is 36.4 Å². The third-order valence-corrected chi connectivity index (χ3v) is 5.91. The molecule has 128 valence electrons. The Balaban J connectivity index is 1.29. The van der Waals surface area contributed by atoms with Crippen LogP contribution in [-0.4, -0.2) is 55.5 Å². The Labute approximate surface area is 144 Å². The van der Waals surface area contributed by atoms with E-state index >= 15 is 0 Å². The van der Waals surface area contributed by atoms with E-state index in [0.717, 1.165) is 55.2 Å². The van der Waals surface area contributed by atoms with Crippen molar-refractivity contribution in [2.45, 2.75) is 12.8 Å². The summed E-state index contributed by atoms with van der Waals surface area (Å²) in [7, 11) is 1.64. The Bertz CT molecular complexity index is 617. The summed E-state index contributed by atoms with van der Waals surface area (Å²) < 4.78 is 5.16. The molecule has 1 aromatic rings. The average molecular weight is 326 g/mol. The van der Waals surface area contributed by atoms with Crippen molar-refractivity contribution in [3.05, 3.63) is 42.0 Å². The normalized spacial score (nSPS) is 29.2. The number of rotatable bonds is 4. The molecule has 3 atom stereocenters. The first-order chi connectivity index (χ1) is 11.7. The van der Waals surface area contributed by atoms with Crippen LogP contribution in [0.3, 0.4) is 0 Å². The van der Waals surface area contributed by atoms with Crippen LogP contribution in [0.4, 0.5) is 0 Å². The van der Waals surface area contributed by atoms with Gasteiger partial charge in [0, 0.05) is 38.3 Å². The number of carbonyl (C=O) groups excluding carboxylic acids is 1. The third-order valence-electron chi connectivity index (χ3n) is 5.91. The topological polar surface area (TPSA) is 32.8 Å². The molecular formula is C20H26N2O2. The number of piperazine rings is 1. The summed E-state index contributed by atoms with van der Waals surface area (Å²) >= 11 is 0. The van der Waals surface area contributed by atoms with Crippen molar-refractivity contribution in [1.29, 1.82) is 0 Å². The lowest BCUT2D eigenvalue weighted by Gasteiger charge is -2.37. The van der Waals surface area contributed by atoms with Gasteiger partial charge in [-0.05, 0) is 54.9 Å². The van der Waals surface area contributed by atoms with Gasteiger partial charge in [0.25, 0.3) is 5.91 Å². The maximum atomic E-state index is 12.6. The molecule has 1 saturated carbocycles. The summed E-state index contributed by atoms with van der Waals surface area (Å²) in [6, 6.07) is 7.42. The smallest absolute Gasteiger partial charge is 0.253 e. The Morgan fingerprint density at radius 2 is 1.83 bits per heavy atom. The molecule has 0 radical (unpaired) electrons. The fraction of sp³-hybridized carbons (Fsp3) is 0.550. The van der Waals surface area contributed by atoms with Gasteiger partial charge in [-0.2, -0.15) is 0 Å². The van der Waals surface area contributed by atoms with Gasteiger partial charge in [-0.1, -0.05) is 12.2 Å². The summed E-state index contributed by atoms with van der Waals surface area (Å²) in [5.41, 5.74) is 0.752. The first kappa shape index (κ1) is 15.7. The Hall–Kier alpha value is -1.81. The van der Waals surface area contributed by atoms with Gasteiger partial charge in [-0.25, -0.2) is 0 Å². The van der Waals surface area contributed by atoms with Crippen molar-refractivity contribution in [2.24, 2.45) is 17.8 Å². The van der Waals surface area contributed by atoms with E-state index in [0.29, 0.717) is 0 Å². The van der Waals surface area contributed by atoms with Crippen LogP contribution in [-0.2, 0) is 0 Å². The van der Waals surface area contributed by atoms with Crippen LogP contribution in [0, 0.1) is 17.8 Å². The molecule has 1 heterocycles. The van der Waals surface area contributed by atoms with Crippen LogP contribution in [0.1, 0.15) is 23.2 Å². The van der Waals surface area contributed by atoms with Gasteiger partial charge in [0.15, 0.2) is 0 Å². The van der Waals surface area contributed by atoms with Gasteiger partial charge in [0.1, 0.15) is 5.75 Å². The molecule has 4 nitrogen and oxygen atoms in total. The van der Waals surface area contributed by atoms with Gasteiger partial charge in [0.05, 0.1) is 7.11 Å². The van der Waals surface area contributed by atoms with Crippen LogP contribution in [0.25, 0.3) is 0 Å². The maximum Gasteiger partial charge on any atom is 0.253 e. The summed E-state index contributed by atoms with van der Waals surface area (Å²) in [4.78, 5) is 17.1. The second kappa shape index (κ2) is 6.60. The van der Waals surface area contributed by atoms with E-state index in [1.165, 1.54) is 19.4 Å². The van der Waals surface area contributed by atoms with Gasteiger partial charge in [-0.3, -0.25) is 9.69 Å². The minimum atomic E-state index is 0.139. The second-order valence-electron chi connectivity index (χ2n) is 7.36. The number of allylic oxidation sites excluding steroid dienone is 2. The Morgan fingerprint density at radius 1 is 1.08 bits per heavy atom. The number of carbonyl (C=O) groups is 1. The van der Waals surface area contributed by atoms with Crippen molar-refractivity contribution in [1.82, 2.24) is 9.80 Å². The molecule has 4 rings (SSSR count). The molecule has 24 heavy (non-hydrogen) atoms. The van der Waals surface area contributed by atoms with Gasteiger partial charge in [-0.15, -0.1) is 0 Å². The van der Waals surface area contributed by atoms with E-state index in [-0.39, 0.29) is 5.91 Å². The minimum absolute atomic E-state index is 0.139. The highest BCUT2D eigenvalue weighted by Crippen LogP contribution is 2.43. The molecule has 2 fully saturated rings. The molecule has 1 aromatic carbocycles. The van der Waals surface area contributed by atoms with Gasteiger partial charge < -0.3 is 9.64 Å². The van der Waals surface area contributed by atoms with Crippen molar-refractivity contribution < 1.29 is 9.53 Å². The lowest BCUT2D eigenvalue weighted by molar-refractivity contribution is 0.0610. The quantitative estimate of drug-likeness (QED) is 0.798. The molecule has 4 heteroatoms. The highest BCUT2D eigenvalue weighted by Gasteiger charge is 2.36. The summed E-state index contributed by atoms with van der Waals surface area (Å²) in [6.45, 7) is 4.87. The zero-order valence-electron chi connectivity index (χ0n) is 14.4. The highest BCUT2D eigenvalue weighted by molar-refractivity contribution is 5.94. The van der Waals surface area contributed by atoms with Crippen molar-refractivity contribution in [3.63, 3.8) is 0 Å². The number of hydrogen-bond acceptors (Lipinski definition) is 3. The van der Waals surface area contributed by atoms with E-state index < -0.39 is 0 Å². The first-order valence-electron chi connectivity index (χ1n) is 9.07. The standard InChI is InChI=1S/C20H26N2O2/c1-24-19-6-4-16(5-7-19)20(23)22-10-8-21(9-11-22)14-18-13-15-2-3-17(18)12-15/h2-7,15,17-18H,8-14H2,1H3/t15-,17+,18-/m0/s1. The number of methoxy groups -OCH3 is 1. The molecule has 2 bridgehead atoms. The summed E-state index contributed by atoms with van der Waals surface area (Å²) in [5, 5.41) is 0. The van der Waals surface area contributed by atoms with E-state index in [9.17, 15) is 4.79 Å². The maximum absolute atomic E-state index is 12.6. The fourth-order valence-electron chi connectivity index (χ4n) is 4.49. The zero-order chi connectivity index (χ0) is 16.5. The predicted octanol–water partition coefficient (Wildman–Crippen LogP) is 2.67. The molecule has 1 aliphatic heterocycles. The van der Waals surface area contributed by atoms with Crippen LogP contribution in [0.5, 0.6) is 5.75 Å². The molecule has 0 aromatic heterocycles. The van der Waals surface area contributed by atoms with E-state index in [4.69, 9.17) is 4.74 Å². The largest absolute Gasteiger partial charge is 0.497 e. The zero-order valence-corrected chi connectivity index (χ0v) is 14.4. The molecule has 0 unspecified atom stereocenters. The summed E-state index contributed by atoms with van der Waals surface area (Å²) in [5.74, 6) is 3.42. The van der Waals surface area contributed by atoms with E-state index in [1.807, 2.05) is 29.2 Å². The van der Waals surface area contributed by atoms with Gasteiger partial charge in [0.2, 0.25) is 0 Å². The molecule has 1 saturated heterocycles. The molecule has 0 spiro atoms. The number of ether oxygens (including phenoxy) is 1. The molecular weight excluding hydrogens is 300 g/mol. The average Bonchev–Trinajstić information content (AvgIpc) is 3.25. The van der Waals surface area contributed by atoms with Crippen LogP contribution in [0.2, 0.25) is 0 Å². The van der Waals surface area contributed by atoms with Crippen molar-refractivity contribution >= 4 is 5.91 Å². The van der Waals surface area contributed by atoms with Crippen molar-refractivity contribution in [3.8, 4) is 5.75 Å². The number of benzene rings is 1. The van der Waals surface area contributed by atoms with Gasteiger partial charge >= 0.3 is 0 Å². The second-order valence-corrected chi connectivity index (χ2v) is 7.36. The number of amides is 1. The molecule has 1 amide bonds. The summed E-state index contributed by atoms with van der Waals surface area (Å²) in [6.07, 6.45) is 7.58. The predicted molar refractivity (Wildman–Crippen MR) is 94.2 cm³/mol. The Morgan fingerprint density at radius 3 is 2.42 bits per heavy atom.